The van der Waals surface area contributed by atoms with Crippen LogP contribution in [-0.4, -0.2) is 30.3 Å². The zero-order chi connectivity index (χ0) is 17.9. The normalized spacial score (nSPS) is 13.2. The standard InChI is InChI=1S/C12H10F7N3O/c1-7(23)21-9-4-2-8(3-5-9)6-20-22-12(18,19)10(13,14)11(15,16)17/h2-6,22H,1H3,(H,21,23)/b20-6+. The molecule has 4 nitrogen and oxygen atoms in total. The molecule has 0 spiro atoms. The number of nitrogens with one attached hydrogen (secondary N) is 2. The Hall–Kier alpha value is -2.33. The third-order valence-corrected chi connectivity index (χ3v) is 2.40. The molecule has 1 aromatic carbocycles. The second-order valence-electron chi connectivity index (χ2n) is 4.32. The monoisotopic (exact) mass is 345 g/mol. The molecular formula is C12H10F7N3O. The highest BCUT2D eigenvalue weighted by Gasteiger charge is 2.73. The highest BCUT2D eigenvalue weighted by molar-refractivity contribution is 5.89. The van der Waals surface area contributed by atoms with E-state index in [2.05, 4.69) is 10.4 Å². The number of hydrazone groups is 1. The highest BCUT2D eigenvalue weighted by atomic mass is 19.4. The average molecular weight is 345 g/mol. The van der Waals surface area contributed by atoms with Crippen molar-refractivity contribution in [1.82, 2.24) is 5.43 Å². The molecule has 128 valence electrons. The van der Waals surface area contributed by atoms with E-state index in [1.165, 1.54) is 31.2 Å². The van der Waals surface area contributed by atoms with Crippen LogP contribution >= 0.6 is 0 Å². The van der Waals surface area contributed by atoms with E-state index in [9.17, 15) is 35.5 Å². The first-order valence-electron chi connectivity index (χ1n) is 5.87. The van der Waals surface area contributed by atoms with Gasteiger partial charge in [0.1, 0.15) is 0 Å². The van der Waals surface area contributed by atoms with Gasteiger partial charge in [-0.15, -0.1) is 0 Å². The van der Waals surface area contributed by atoms with E-state index in [0.29, 0.717) is 17.3 Å². The summed E-state index contributed by atoms with van der Waals surface area (Å²) >= 11 is 0. The molecule has 0 radical (unpaired) electrons. The molecule has 11 heteroatoms. The Morgan fingerprint density at radius 3 is 2.00 bits per heavy atom. The molecule has 1 amide bonds. The van der Waals surface area contributed by atoms with E-state index in [-0.39, 0.29) is 11.5 Å². The fraction of sp³-hybridized carbons (Fsp3) is 0.333. The quantitative estimate of drug-likeness (QED) is 0.372. The van der Waals surface area contributed by atoms with E-state index < -0.39 is 18.1 Å². The average Bonchev–Trinajstić information content (AvgIpc) is 2.38. The lowest BCUT2D eigenvalue weighted by atomic mass is 10.2. The van der Waals surface area contributed by atoms with Gasteiger partial charge in [-0.05, 0) is 17.7 Å². The van der Waals surface area contributed by atoms with Crippen LogP contribution < -0.4 is 10.7 Å². The molecule has 0 bridgehead atoms. The number of alkyl halides is 7. The summed E-state index contributed by atoms with van der Waals surface area (Å²) in [5.74, 6) is -6.64. The van der Waals surface area contributed by atoms with Crippen molar-refractivity contribution in [1.29, 1.82) is 0 Å². The predicted octanol–water partition coefficient (Wildman–Crippen LogP) is 3.36. The second-order valence-corrected chi connectivity index (χ2v) is 4.32. The van der Waals surface area contributed by atoms with Gasteiger partial charge in [0.25, 0.3) is 0 Å². The largest absolute Gasteiger partial charge is 0.462 e. The first-order valence-corrected chi connectivity index (χ1v) is 5.87. The predicted molar refractivity (Wildman–Crippen MR) is 67.4 cm³/mol. The van der Waals surface area contributed by atoms with Gasteiger partial charge in [-0.2, -0.15) is 35.8 Å². The molecule has 0 unspecified atom stereocenters. The van der Waals surface area contributed by atoms with E-state index in [1.807, 2.05) is 0 Å². The van der Waals surface area contributed by atoms with Gasteiger partial charge in [-0.25, -0.2) is 5.43 Å². The SMILES string of the molecule is CC(=O)Nc1ccc(/C=N/NC(F)(F)C(F)(F)C(F)(F)F)cc1. The van der Waals surface area contributed by atoms with Gasteiger partial charge in [-0.3, -0.25) is 4.79 Å². The van der Waals surface area contributed by atoms with Crippen LogP contribution in [0.15, 0.2) is 29.4 Å². The number of amides is 1. The Morgan fingerprint density at radius 1 is 1.04 bits per heavy atom. The van der Waals surface area contributed by atoms with E-state index in [1.54, 1.807) is 0 Å². The fourth-order valence-corrected chi connectivity index (χ4v) is 1.29. The summed E-state index contributed by atoms with van der Waals surface area (Å²) in [6.07, 6.45) is -5.81. The van der Waals surface area contributed by atoms with Gasteiger partial charge in [0.2, 0.25) is 5.91 Å². The minimum atomic E-state index is -6.43. The molecule has 0 saturated carbocycles. The molecule has 1 aromatic rings. The van der Waals surface area contributed by atoms with Crippen LogP contribution in [0.4, 0.5) is 36.4 Å². The van der Waals surface area contributed by atoms with Crippen LogP contribution in [0.3, 0.4) is 0 Å². The van der Waals surface area contributed by atoms with E-state index in [4.69, 9.17) is 0 Å². The maximum Gasteiger partial charge on any atom is 0.462 e. The minimum absolute atomic E-state index is 0.123. The van der Waals surface area contributed by atoms with Crippen molar-refractivity contribution in [3.05, 3.63) is 29.8 Å². The third-order valence-electron chi connectivity index (χ3n) is 2.40. The molecule has 0 atom stereocenters. The number of rotatable bonds is 5. The number of halogens is 7. The molecule has 0 aliphatic heterocycles. The van der Waals surface area contributed by atoms with E-state index in [0.717, 1.165) is 0 Å². The number of hydrogen-bond donors (Lipinski definition) is 2. The Bertz CT molecular complexity index is 581. The number of anilines is 1. The van der Waals surface area contributed by atoms with Crippen molar-refractivity contribution in [2.45, 2.75) is 25.1 Å². The van der Waals surface area contributed by atoms with Crippen LogP contribution in [0, 0.1) is 0 Å². The summed E-state index contributed by atoms with van der Waals surface area (Å²) in [5.41, 5.74) is 0.992. The Balaban J connectivity index is 2.77. The van der Waals surface area contributed by atoms with Crippen LogP contribution in [-0.2, 0) is 4.79 Å². The summed E-state index contributed by atoms with van der Waals surface area (Å²) in [5, 5.41) is 5.10. The zero-order valence-electron chi connectivity index (χ0n) is 11.4. The summed E-state index contributed by atoms with van der Waals surface area (Å²) in [4.78, 5) is 10.8. The summed E-state index contributed by atoms with van der Waals surface area (Å²) in [6, 6.07) is -0.360. The summed E-state index contributed by atoms with van der Waals surface area (Å²) in [6.45, 7) is 1.25. The molecule has 0 aliphatic rings. The van der Waals surface area contributed by atoms with Gasteiger partial charge in [-0.1, -0.05) is 12.1 Å². The third kappa shape index (κ3) is 4.57. The molecule has 0 fully saturated rings. The second kappa shape index (κ2) is 6.42. The highest BCUT2D eigenvalue weighted by Crippen LogP contribution is 2.44. The van der Waals surface area contributed by atoms with Gasteiger partial charge in [0.05, 0.1) is 6.21 Å². The maximum absolute atomic E-state index is 12.9. The topological polar surface area (TPSA) is 53.5 Å². The molecule has 0 saturated heterocycles. The number of hydrogen-bond acceptors (Lipinski definition) is 3. The van der Waals surface area contributed by atoms with Crippen molar-refractivity contribution < 1.29 is 35.5 Å². The Kier molecular flexibility index (Phi) is 5.23. The molecule has 23 heavy (non-hydrogen) atoms. The maximum atomic E-state index is 12.9. The number of carbonyl (C=O) groups excluding carboxylic acids is 1. The Labute approximate surface area is 125 Å². The lowest BCUT2D eigenvalue weighted by molar-refractivity contribution is -0.361. The van der Waals surface area contributed by atoms with Crippen LogP contribution in [0.25, 0.3) is 0 Å². The van der Waals surface area contributed by atoms with Crippen molar-refractivity contribution in [3.8, 4) is 0 Å². The first kappa shape index (κ1) is 18.7. The van der Waals surface area contributed by atoms with Gasteiger partial charge < -0.3 is 5.32 Å². The molecule has 0 aliphatic carbocycles. The molecule has 0 aromatic heterocycles. The summed E-state index contributed by atoms with van der Waals surface area (Å²) in [7, 11) is 0. The van der Waals surface area contributed by atoms with Gasteiger partial charge in [0, 0.05) is 12.6 Å². The number of carbonyl (C=O) groups is 1. The van der Waals surface area contributed by atoms with Crippen molar-refractivity contribution in [2.75, 3.05) is 5.32 Å². The number of benzene rings is 1. The first-order chi connectivity index (χ1) is 10.4. The molecule has 0 heterocycles. The minimum Gasteiger partial charge on any atom is -0.326 e. The number of nitrogens with zero attached hydrogens (tertiary/aromatic N) is 1. The van der Waals surface area contributed by atoms with Crippen molar-refractivity contribution >= 4 is 17.8 Å². The fourth-order valence-electron chi connectivity index (χ4n) is 1.29. The lowest BCUT2D eigenvalue weighted by Gasteiger charge is -2.27. The molecule has 2 N–H and O–H groups in total. The summed E-state index contributed by atoms with van der Waals surface area (Å²) < 4.78 is 86.5. The van der Waals surface area contributed by atoms with Crippen LogP contribution in [0.1, 0.15) is 12.5 Å². The molecule has 1 rings (SSSR count). The van der Waals surface area contributed by atoms with Gasteiger partial charge >= 0.3 is 18.1 Å². The lowest BCUT2D eigenvalue weighted by Crippen LogP contribution is -2.58. The van der Waals surface area contributed by atoms with Gasteiger partial charge in [0.15, 0.2) is 0 Å². The van der Waals surface area contributed by atoms with Crippen LogP contribution in [0.5, 0.6) is 0 Å². The van der Waals surface area contributed by atoms with Crippen LogP contribution in [0.2, 0.25) is 0 Å². The smallest absolute Gasteiger partial charge is 0.326 e. The van der Waals surface area contributed by atoms with Crippen molar-refractivity contribution in [3.63, 3.8) is 0 Å². The Morgan fingerprint density at radius 2 is 1.57 bits per heavy atom. The molecular weight excluding hydrogens is 335 g/mol. The van der Waals surface area contributed by atoms with Crippen molar-refractivity contribution in [2.24, 2.45) is 5.10 Å². The zero-order valence-corrected chi connectivity index (χ0v) is 11.4. The van der Waals surface area contributed by atoms with E-state index >= 15 is 0 Å².